The topological polar surface area (TPSA) is 48.6 Å². The Morgan fingerprint density at radius 1 is 1.50 bits per heavy atom. The first kappa shape index (κ1) is 13.6. The molecular weight excluding hydrogens is 228 g/mol. The maximum atomic E-state index is 9.35. The first-order valence-electron chi connectivity index (χ1n) is 6.87. The second-order valence-corrected chi connectivity index (χ2v) is 5.30. The van der Waals surface area contributed by atoms with Gasteiger partial charge in [-0.3, -0.25) is 0 Å². The van der Waals surface area contributed by atoms with Gasteiger partial charge in [0.15, 0.2) is 0 Å². The molecule has 1 aromatic rings. The van der Waals surface area contributed by atoms with Crippen molar-refractivity contribution in [2.75, 3.05) is 26.2 Å². The van der Waals surface area contributed by atoms with Crippen molar-refractivity contribution in [1.29, 1.82) is 0 Å². The fourth-order valence-electron chi connectivity index (χ4n) is 2.56. The van der Waals surface area contributed by atoms with Crippen LogP contribution in [0.4, 0.5) is 0 Å². The number of nitrogens with zero attached hydrogens (tertiary/aromatic N) is 1. The van der Waals surface area contributed by atoms with Gasteiger partial charge in [0.2, 0.25) is 0 Å². The minimum atomic E-state index is -0.210. The van der Waals surface area contributed by atoms with E-state index in [9.17, 15) is 5.11 Å². The van der Waals surface area contributed by atoms with E-state index in [1.165, 1.54) is 12.8 Å². The van der Waals surface area contributed by atoms with E-state index in [1.807, 2.05) is 19.1 Å². The Balaban J connectivity index is 1.59. The molecule has 2 N–H and O–H groups in total. The molecule has 0 unspecified atom stereocenters. The summed E-state index contributed by atoms with van der Waals surface area (Å²) in [5, 5.41) is 12.8. The highest BCUT2D eigenvalue weighted by Crippen LogP contribution is 2.16. The van der Waals surface area contributed by atoms with E-state index < -0.39 is 0 Å². The minimum absolute atomic E-state index is 0.210. The fraction of sp³-hybridized carbons (Fsp3) is 0.714. The van der Waals surface area contributed by atoms with Crippen molar-refractivity contribution in [2.45, 2.75) is 32.4 Å². The standard InChI is InChI=1S/C14H24N2O2/c1-12(17)11-16-6-4-13(5-7-16)9-15-10-14-3-2-8-18-14/h2-3,8,12-13,15,17H,4-7,9-11H2,1H3/t12-/m0/s1. The number of β-amino-alcohol motifs (C(OH)–C–C–N with tert-alkyl or cyclic N) is 1. The smallest absolute Gasteiger partial charge is 0.117 e. The molecule has 0 bridgehead atoms. The average Bonchev–Trinajstić information content (AvgIpc) is 2.84. The van der Waals surface area contributed by atoms with Gasteiger partial charge < -0.3 is 19.7 Å². The van der Waals surface area contributed by atoms with Crippen molar-refractivity contribution in [1.82, 2.24) is 10.2 Å². The van der Waals surface area contributed by atoms with Gasteiger partial charge in [0.25, 0.3) is 0 Å². The Morgan fingerprint density at radius 2 is 2.28 bits per heavy atom. The van der Waals surface area contributed by atoms with Crippen LogP contribution in [0.2, 0.25) is 0 Å². The van der Waals surface area contributed by atoms with Gasteiger partial charge in [-0.05, 0) is 57.5 Å². The van der Waals surface area contributed by atoms with Gasteiger partial charge in [0.1, 0.15) is 5.76 Å². The molecule has 0 saturated carbocycles. The molecule has 1 atom stereocenters. The molecule has 1 saturated heterocycles. The molecule has 1 fully saturated rings. The second kappa shape index (κ2) is 6.92. The highest BCUT2D eigenvalue weighted by molar-refractivity contribution is 4.97. The number of furan rings is 1. The van der Waals surface area contributed by atoms with Crippen molar-refractivity contribution in [3.8, 4) is 0 Å². The predicted octanol–water partition coefficient (Wildman–Crippen LogP) is 1.46. The van der Waals surface area contributed by atoms with E-state index in [2.05, 4.69) is 10.2 Å². The molecule has 1 aliphatic heterocycles. The SMILES string of the molecule is C[C@H](O)CN1CCC(CNCc2ccco2)CC1. The van der Waals surface area contributed by atoms with Crippen LogP contribution in [0.1, 0.15) is 25.5 Å². The molecule has 0 spiro atoms. The summed E-state index contributed by atoms with van der Waals surface area (Å²) < 4.78 is 5.29. The average molecular weight is 252 g/mol. The summed E-state index contributed by atoms with van der Waals surface area (Å²) in [6.45, 7) is 6.77. The predicted molar refractivity (Wildman–Crippen MR) is 71.3 cm³/mol. The van der Waals surface area contributed by atoms with Crippen LogP contribution in [-0.4, -0.2) is 42.3 Å². The third-order valence-corrected chi connectivity index (χ3v) is 3.54. The third-order valence-electron chi connectivity index (χ3n) is 3.54. The lowest BCUT2D eigenvalue weighted by Gasteiger charge is -2.32. The monoisotopic (exact) mass is 252 g/mol. The summed E-state index contributed by atoms with van der Waals surface area (Å²) in [6, 6.07) is 3.92. The summed E-state index contributed by atoms with van der Waals surface area (Å²) in [4.78, 5) is 2.35. The molecular formula is C14H24N2O2. The summed E-state index contributed by atoms with van der Waals surface area (Å²) in [5.74, 6) is 1.76. The zero-order valence-electron chi connectivity index (χ0n) is 11.1. The lowest BCUT2D eigenvalue weighted by Crippen LogP contribution is -2.40. The number of hydrogen-bond acceptors (Lipinski definition) is 4. The van der Waals surface area contributed by atoms with Gasteiger partial charge in [-0.1, -0.05) is 0 Å². The summed E-state index contributed by atoms with van der Waals surface area (Å²) in [6.07, 6.45) is 3.94. The van der Waals surface area contributed by atoms with E-state index in [4.69, 9.17) is 4.42 Å². The highest BCUT2D eigenvalue weighted by Gasteiger charge is 2.19. The van der Waals surface area contributed by atoms with Crippen molar-refractivity contribution in [2.24, 2.45) is 5.92 Å². The number of aliphatic hydroxyl groups excluding tert-OH is 1. The van der Waals surface area contributed by atoms with Crippen LogP contribution in [0.15, 0.2) is 22.8 Å². The van der Waals surface area contributed by atoms with Crippen LogP contribution in [-0.2, 0) is 6.54 Å². The number of likely N-dealkylation sites (tertiary alicyclic amines) is 1. The molecule has 0 amide bonds. The molecule has 2 heterocycles. The first-order chi connectivity index (χ1) is 8.74. The molecule has 4 nitrogen and oxygen atoms in total. The molecule has 1 aliphatic rings. The van der Waals surface area contributed by atoms with Crippen LogP contribution in [0.25, 0.3) is 0 Å². The molecule has 4 heteroatoms. The molecule has 0 radical (unpaired) electrons. The van der Waals surface area contributed by atoms with Crippen LogP contribution in [0, 0.1) is 5.92 Å². The summed E-state index contributed by atoms with van der Waals surface area (Å²) in [5.41, 5.74) is 0. The van der Waals surface area contributed by atoms with Gasteiger partial charge in [-0.2, -0.15) is 0 Å². The maximum absolute atomic E-state index is 9.35. The Kier molecular flexibility index (Phi) is 5.23. The van der Waals surface area contributed by atoms with Gasteiger partial charge >= 0.3 is 0 Å². The van der Waals surface area contributed by atoms with Crippen molar-refractivity contribution < 1.29 is 9.52 Å². The number of aliphatic hydroxyl groups is 1. The lowest BCUT2D eigenvalue weighted by atomic mass is 9.96. The number of hydrogen-bond donors (Lipinski definition) is 2. The molecule has 0 aromatic carbocycles. The van der Waals surface area contributed by atoms with Crippen molar-refractivity contribution >= 4 is 0 Å². The van der Waals surface area contributed by atoms with Crippen LogP contribution < -0.4 is 5.32 Å². The fourth-order valence-corrected chi connectivity index (χ4v) is 2.56. The Labute approximate surface area is 109 Å². The summed E-state index contributed by atoms with van der Waals surface area (Å²) in [7, 11) is 0. The van der Waals surface area contributed by atoms with Gasteiger partial charge in [-0.15, -0.1) is 0 Å². The van der Waals surface area contributed by atoms with Crippen LogP contribution in [0.5, 0.6) is 0 Å². The quantitative estimate of drug-likeness (QED) is 0.805. The third kappa shape index (κ3) is 4.44. The van der Waals surface area contributed by atoms with Crippen LogP contribution in [0.3, 0.4) is 0 Å². The van der Waals surface area contributed by atoms with Gasteiger partial charge in [0, 0.05) is 6.54 Å². The number of piperidine rings is 1. The van der Waals surface area contributed by atoms with E-state index in [0.717, 1.165) is 44.4 Å². The Morgan fingerprint density at radius 3 is 2.89 bits per heavy atom. The van der Waals surface area contributed by atoms with Gasteiger partial charge in [-0.25, -0.2) is 0 Å². The first-order valence-corrected chi connectivity index (χ1v) is 6.87. The highest BCUT2D eigenvalue weighted by atomic mass is 16.3. The normalized spacial score (nSPS) is 20.1. The zero-order chi connectivity index (χ0) is 12.8. The number of nitrogens with one attached hydrogen (secondary N) is 1. The molecule has 2 rings (SSSR count). The minimum Gasteiger partial charge on any atom is -0.468 e. The second-order valence-electron chi connectivity index (χ2n) is 5.30. The lowest BCUT2D eigenvalue weighted by molar-refractivity contribution is 0.0997. The molecule has 18 heavy (non-hydrogen) atoms. The summed E-state index contributed by atoms with van der Waals surface area (Å²) >= 11 is 0. The van der Waals surface area contributed by atoms with Crippen molar-refractivity contribution in [3.05, 3.63) is 24.2 Å². The van der Waals surface area contributed by atoms with E-state index >= 15 is 0 Å². The molecule has 1 aromatic heterocycles. The van der Waals surface area contributed by atoms with Gasteiger partial charge in [0.05, 0.1) is 18.9 Å². The Bertz CT molecular complexity index is 317. The van der Waals surface area contributed by atoms with Crippen LogP contribution >= 0.6 is 0 Å². The molecule has 102 valence electrons. The number of rotatable bonds is 6. The largest absolute Gasteiger partial charge is 0.468 e. The van der Waals surface area contributed by atoms with E-state index in [-0.39, 0.29) is 6.10 Å². The van der Waals surface area contributed by atoms with Crippen molar-refractivity contribution in [3.63, 3.8) is 0 Å². The zero-order valence-corrected chi connectivity index (χ0v) is 11.1. The Hall–Kier alpha value is -0.840. The van der Waals surface area contributed by atoms with E-state index in [1.54, 1.807) is 6.26 Å². The van der Waals surface area contributed by atoms with E-state index in [0.29, 0.717) is 0 Å². The maximum Gasteiger partial charge on any atom is 0.117 e. The molecule has 0 aliphatic carbocycles.